The van der Waals surface area contributed by atoms with Gasteiger partial charge in [0.25, 0.3) is 0 Å². The molecule has 0 bridgehead atoms. The molecular weight excluding hydrogens is 392 g/mol. The minimum Gasteiger partial charge on any atom is -0.354 e. The van der Waals surface area contributed by atoms with Gasteiger partial charge in [0.1, 0.15) is 5.82 Å². The molecule has 2 aliphatic rings. The predicted octanol–water partition coefficient (Wildman–Crippen LogP) is 3.89. The number of para-hydroxylation sites is 1. The van der Waals surface area contributed by atoms with E-state index in [1.807, 2.05) is 23.2 Å². The largest absolute Gasteiger partial charge is 0.354 e. The maximum Gasteiger partial charge on any atom is 0.237 e. The predicted molar refractivity (Wildman–Crippen MR) is 125 cm³/mol. The highest BCUT2D eigenvalue weighted by atomic mass is 32.2. The van der Waals surface area contributed by atoms with E-state index in [4.69, 9.17) is 0 Å². The standard InChI is InChI=1S/C24H26N4OS/c29-23-18-30-22-9-4-3-8-21(22)28(23)13-5-12-26-14-16-27(17-15-26)24-20-7-2-1-6-19(20)10-11-25-24/h1-4,6-11H,5,12-18H2. The lowest BCUT2D eigenvalue weighted by Gasteiger charge is -2.36. The first-order valence-electron chi connectivity index (χ1n) is 10.6. The zero-order valence-corrected chi connectivity index (χ0v) is 17.9. The Labute approximate surface area is 181 Å². The SMILES string of the molecule is O=C1CSc2ccccc2N1CCCN1CCN(c2nccc3ccccc23)CC1. The first kappa shape index (κ1) is 19.4. The van der Waals surface area contributed by atoms with Crippen molar-refractivity contribution in [1.29, 1.82) is 0 Å². The maximum absolute atomic E-state index is 12.4. The number of thioether (sulfide) groups is 1. The third-order valence-electron chi connectivity index (χ3n) is 5.99. The Morgan fingerprint density at radius 1 is 0.900 bits per heavy atom. The number of aromatic nitrogens is 1. The van der Waals surface area contributed by atoms with E-state index >= 15 is 0 Å². The summed E-state index contributed by atoms with van der Waals surface area (Å²) in [7, 11) is 0. The summed E-state index contributed by atoms with van der Waals surface area (Å²) in [6, 6.07) is 18.8. The van der Waals surface area contributed by atoms with Gasteiger partial charge in [-0.05, 0) is 36.6 Å². The highest BCUT2D eigenvalue weighted by Gasteiger charge is 2.24. The number of amides is 1. The number of hydrogen-bond donors (Lipinski definition) is 0. The number of hydrogen-bond acceptors (Lipinski definition) is 5. The monoisotopic (exact) mass is 418 g/mol. The summed E-state index contributed by atoms with van der Waals surface area (Å²) < 4.78 is 0. The van der Waals surface area contributed by atoms with Crippen molar-refractivity contribution in [3.8, 4) is 0 Å². The molecule has 0 aliphatic carbocycles. The van der Waals surface area contributed by atoms with Gasteiger partial charge < -0.3 is 9.80 Å². The number of nitrogens with zero attached hydrogens (tertiary/aromatic N) is 4. The van der Waals surface area contributed by atoms with Gasteiger partial charge in [0.05, 0.1) is 11.4 Å². The molecule has 0 atom stereocenters. The van der Waals surface area contributed by atoms with Crippen molar-refractivity contribution >= 4 is 39.9 Å². The summed E-state index contributed by atoms with van der Waals surface area (Å²) in [6.45, 7) is 5.86. The van der Waals surface area contributed by atoms with Crippen LogP contribution < -0.4 is 9.80 Å². The molecule has 0 N–H and O–H groups in total. The first-order chi connectivity index (χ1) is 14.8. The Morgan fingerprint density at radius 3 is 2.60 bits per heavy atom. The molecule has 0 radical (unpaired) electrons. The van der Waals surface area contributed by atoms with Crippen molar-refractivity contribution in [2.45, 2.75) is 11.3 Å². The second kappa shape index (κ2) is 8.66. The second-order valence-corrected chi connectivity index (χ2v) is 8.86. The van der Waals surface area contributed by atoms with Crippen LogP contribution in [0, 0.1) is 0 Å². The number of carbonyl (C=O) groups is 1. The molecule has 5 rings (SSSR count). The van der Waals surface area contributed by atoms with Gasteiger partial charge in [0.15, 0.2) is 0 Å². The normalized spacial score (nSPS) is 17.4. The minimum absolute atomic E-state index is 0.227. The smallest absolute Gasteiger partial charge is 0.237 e. The molecule has 1 amide bonds. The van der Waals surface area contributed by atoms with Gasteiger partial charge in [-0.3, -0.25) is 9.69 Å². The minimum atomic E-state index is 0.227. The van der Waals surface area contributed by atoms with Gasteiger partial charge in [-0.25, -0.2) is 4.98 Å². The van der Waals surface area contributed by atoms with Crippen molar-refractivity contribution in [3.05, 3.63) is 60.8 Å². The number of carbonyl (C=O) groups excluding carboxylic acids is 1. The zero-order chi connectivity index (χ0) is 20.3. The maximum atomic E-state index is 12.4. The summed E-state index contributed by atoms with van der Waals surface area (Å²) in [5.74, 6) is 1.87. The Kier molecular flexibility index (Phi) is 5.60. The van der Waals surface area contributed by atoms with Crippen molar-refractivity contribution < 1.29 is 4.79 Å². The van der Waals surface area contributed by atoms with Crippen molar-refractivity contribution in [1.82, 2.24) is 9.88 Å². The van der Waals surface area contributed by atoms with Crippen LogP contribution in [0.5, 0.6) is 0 Å². The molecule has 1 aromatic heterocycles. The Bertz CT molecular complexity index is 1040. The third-order valence-corrected chi connectivity index (χ3v) is 7.04. The molecule has 154 valence electrons. The van der Waals surface area contributed by atoms with Crippen molar-refractivity contribution in [2.24, 2.45) is 0 Å². The quantitative estimate of drug-likeness (QED) is 0.629. The first-order valence-corrected chi connectivity index (χ1v) is 11.6. The number of fused-ring (bicyclic) bond motifs is 2. The number of rotatable bonds is 5. The molecule has 2 aromatic carbocycles. The van der Waals surface area contributed by atoms with Gasteiger partial charge >= 0.3 is 0 Å². The number of pyridine rings is 1. The van der Waals surface area contributed by atoms with E-state index in [0.29, 0.717) is 5.75 Å². The summed E-state index contributed by atoms with van der Waals surface area (Å²) in [6.07, 6.45) is 2.91. The highest BCUT2D eigenvalue weighted by Crippen LogP contribution is 2.35. The summed E-state index contributed by atoms with van der Waals surface area (Å²) in [4.78, 5) is 25.2. The van der Waals surface area contributed by atoms with Crippen molar-refractivity contribution in [2.75, 3.05) is 54.8 Å². The van der Waals surface area contributed by atoms with Gasteiger partial charge in [0.2, 0.25) is 5.91 Å². The van der Waals surface area contributed by atoms with E-state index in [-0.39, 0.29) is 5.91 Å². The average Bonchev–Trinajstić information content (AvgIpc) is 2.80. The lowest BCUT2D eigenvalue weighted by Crippen LogP contribution is -2.47. The third kappa shape index (κ3) is 3.89. The fourth-order valence-corrected chi connectivity index (χ4v) is 5.33. The average molecular weight is 419 g/mol. The van der Waals surface area contributed by atoms with Crippen LogP contribution in [0.15, 0.2) is 65.7 Å². The van der Waals surface area contributed by atoms with Crippen LogP contribution in [0.1, 0.15) is 6.42 Å². The van der Waals surface area contributed by atoms with Crippen LogP contribution in [0.2, 0.25) is 0 Å². The van der Waals surface area contributed by atoms with Crippen LogP contribution >= 0.6 is 11.8 Å². The highest BCUT2D eigenvalue weighted by molar-refractivity contribution is 8.00. The van der Waals surface area contributed by atoms with Crippen LogP contribution in [0.25, 0.3) is 10.8 Å². The van der Waals surface area contributed by atoms with Crippen LogP contribution in [-0.4, -0.2) is 60.8 Å². The number of piperazine rings is 1. The van der Waals surface area contributed by atoms with Gasteiger partial charge in [-0.2, -0.15) is 0 Å². The Hall–Kier alpha value is -2.57. The summed E-state index contributed by atoms with van der Waals surface area (Å²) in [5.41, 5.74) is 1.07. The lowest BCUT2D eigenvalue weighted by molar-refractivity contribution is -0.116. The Morgan fingerprint density at radius 2 is 1.70 bits per heavy atom. The van der Waals surface area contributed by atoms with Gasteiger partial charge in [0, 0.05) is 49.2 Å². The van der Waals surface area contributed by atoms with Gasteiger partial charge in [-0.15, -0.1) is 11.8 Å². The van der Waals surface area contributed by atoms with E-state index in [1.165, 1.54) is 15.7 Å². The van der Waals surface area contributed by atoms with E-state index in [2.05, 4.69) is 57.2 Å². The van der Waals surface area contributed by atoms with Crippen LogP contribution in [0.4, 0.5) is 11.5 Å². The second-order valence-electron chi connectivity index (χ2n) is 7.84. The molecule has 0 spiro atoms. The Balaban J connectivity index is 1.16. The summed E-state index contributed by atoms with van der Waals surface area (Å²) in [5, 5.41) is 2.48. The lowest BCUT2D eigenvalue weighted by atomic mass is 10.1. The van der Waals surface area contributed by atoms with Crippen LogP contribution in [-0.2, 0) is 4.79 Å². The molecule has 5 nitrogen and oxygen atoms in total. The molecule has 2 aliphatic heterocycles. The summed E-state index contributed by atoms with van der Waals surface area (Å²) >= 11 is 1.65. The molecule has 3 heterocycles. The molecule has 1 saturated heterocycles. The van der Waals surface area contributed by atoms with Gasteiger partial charge in [-0.1, -0.05) is 36.4 Å². The fourth-order valence-electron chi connectivity index (χ4n) is 4.39. The molecule has 1 fully saturated rings. The van der Waals surface area contributed by atoms with E-state index in [0.717, 1.165) is 57.2 Å². The van der Waals surface area contributed by atoms with Crippen LogP contribution in [0.3, 0.4) is 0 Å². The van der Waals surface area contributed by atoms with E-state index in [9.17, 15) is 4.79 Å². The topological polar surface area (TPSA) is 39.7 Å². The number of anilines is 2. The molecule has 6 heteroatoms. The van der Waals surface area contributed by atoms with E-state index < -0.39 is 0 Å². The molecule has 30 heavy (non-hydrogen) atoms. The number of benzene rings is 2. The molecule has 0 saturated carbocycles. The van der Waals surface area contributed by atoms with Crippen molar-refractivity contribution in [3.63, 3.8) is 0 Å². The molecule has 0 unspecified atom stereocenters. The van der Waals surface area contributed by atoms with E-state index in [1.54, 1.807) is 11.8 Å². The fraction of sp³-hybridized carbons (Fsp3) is 0.333. The molecule has 3 aromatic rings. The molecular formula is C24H26N4OS. The zero-order valence-electron chi connectivity index (χ0n) is 17.0.